The Bertz CT molecular complexity index is 229. The normalized spacial score (nSPS) is 9.91. The molecule has 0 spiro atoms. The van der Waals surface area contributed by atoms with Crippen molar-refractivity contribution in [3.63, 3.8) is 0 Å². The number of aromatic nitrogens is 1. The minimum atomic E-state index is 0.166. The van der Waals surface area contributed by atoms with Crippen molar-refractivity contribution >= 4 is 17.4 Å². The summed E-state index contributed by atoms with van der Waals surface area (Å²) in [7, 11) is 0. The molecule has 0 aliphatic carbocycles. The van der Waals surface area contributed by atoms with Crippen molar-refractivity contribution in [2.45, 2.75) is 4.90 Å². The first-order chi connectivity index (χ1) is 5.34. The highest BCUT2D eigenvalue weighted by Crippen LogP contribution is 2.22. The Hall–Kier alpha value is -0.740. The van der Waals surface area contributed by atoms with Gasteiger partial charge >= 0.3 is 0 Å². The van der Waals surface area contributed by atoms with Crippen molar-refractivity contribution in [3.8, 4) is 0 Å². The molecule has 0 aliphatic rings. The van der Waals surface area contributed by atoms with E-state index in [1.807, 2.05) is 0 Å². The van der Waals surface area contributed by atoms with Crippen LogP contribution in [0.2, 0.25) is 0 Å². The third-order valence-electron chi connectivity index (χ3n) is 1.17. The van der Waals surface area contributed by atoms with Gasteiger partial charge in [-0.3, -0.25) is 4.98 Å². The SMILES string of the molecule is Nc1ccncc1SCCO. The molecule has 60 valence electrons. The van der Waals surface area contributed by atoms with Crippen LogP contribution in [0.3, 0.4) is 0 Å². The van der Waals surface area contributed by atoms with Gasteiger partial charge in [-0.1, -0.05) is 0 Å². The lowest BCUT2D eigenvalue weighted by atomic mass is 10.4. The number of pyridine rings is 1. The van der Waals surface area contributed by atoms with Crippen LogP contribution in [0.25, 0.3) is 0 Å². The standard InChI is InChI=1S/C7H10N2OS/c8-6-1-2-9-5-7(6)11-4-3-10/h1-2,5,10H,3-4H2,(H2,8,9). The van der Waals surface area contributed by atoms with Crippen LogP contribution < -0.4 is 5.73 Å². The first-order valence-electron chi connectivity index (χ1n) is 3.27. The number of rotatable bonds is 3. The van der Waals surface area contributed by atoms with E-state index in [0.717, 1.165) is 10.6 Å². The summed E-state index contributed by atoms with van der Waals surface area (Å²) in [6, 6.07) is 1.75. The molecule has 0 aliphatic heterocycles. The molecule has 3 N–H and O–H groups in total. The van der Waals surface area contributed by atoms with Gasteiger partial charge in [-0.25, -0.2) is 0 Å². The molecule has 1 rings (SSSR count). The van der Waals surface area contributed by atoms with E-state index in [1.54, 1.807) is 18.5 Å². The highest BCUT2D eigenvalue weighted by molar-refractivity contribution is 7.99. The minimum absolute atomic E-state index is 0.166. The van der Waals surface area contributed by atoms with Gasteiger partial charge in [0.1, 0.15) is 0 Å². The topological polar surface area (TPSA) is 59.1 Å². The van der Waals surface area contributed by atoms with Crippen molar-refractivity contribution in [2.24, 2.45) is 0 Å². The number of nitrogens with two attached hydrogens (primary N) is 1. The van der Waals surface area contributed by atoms with E-state index >= 15 is 0 Å². The molecule has 0 aromatic carbocycles. The van der Waals surface area contributed by atoms with Gasteiger partial charge in [-0.05, 0) is 6.07 Å². The Kier molecular flexibility index (Phi) is 3.19. The van der Waals surface area contributed by atoms with Crippen molar-refractivity contribution in [1.29, 1.82) is 0 Å². The number of aliphatic hydroxyl groups excluding tert-OH is 1. The van der Waals surface area contributed by atoms with Crippen LogP contribution in [-0.2, 0) is 0 Å². The Morgan fingerprint density at radius 1 is 1.64 bits per heavy atom. The molecule has 0 amide bonds. The third-order valence-corrected chi connectivity index (χ3v) is 2.20. The van der Waals surface area contributed by atoms with Crippen molar-refractivity contribution in [1.82, 2.24) is 4.98 Å². The Morgan fingerprint density at radius 3 is 3.09 bits per heavy atom. The quantitative estimate of drug-likeness (QED) is 0.657. The average molecular weight is 170 g/mol. The van der Waals surface area contributed by atoms with Gasteiger partial charge in [-0.2, -0.15) is 0 Å². The van der Waals surface area contributed by atoms with Crippen LogP contribution in [-0.4, -0.2) is 22.5 Å². The molecule has 1 aromatic heterocycles. The molecule has 0 saturated carbocycles. The van der Waals surface area contributed by atoms with Crippen LogP contribution in [0.15, 0.2) is 23.4 Å². The molecule has 0 unspecified atom stereocenters. The first-order valence-corrected chi connectivity index (χ1v) is 4.26. The molecule has 0 bridgehead atoms. The largest absolute Gasteiger partial charge is 0.398 e. The van der Waals surface area contributed by atoms with Crippen molar-refractivity contribution in [3.05, 3.63) is 18.5 Å². The van der Waals surface area contributed by atoms with Crippen molar-refractivity contribution < 1.29 is 5.11 Å². The second kappa shape index (κ2) is 4.20. The number of hydrogen-bond donors (Lipinski definition) is 2. The molecular weight excluding hydrogens is 160 g/mol. The Labute approximate surface area is 69.6 Å². The molecule has 3 nitrogen and oxygen atoms in total. The fraction of sp³-hybridized carbons (Fsp3) is 0.286. The van der Waals surface area contributed by atoms with E-state index in [-0.39, 0.29) is 6.61 Å². The summed E-state index contributed by atoms with van der Waals surface area (Å²) in [6.07, 6.45) is 3.36. The molecule has 1 heterocycles. The summed E-state index contributed by atoms with van der Waals surface area (Å²) in [5.74, 6) is 0.663. The van der Waals surface area contributed by atoms with Crippen LogP contribution in [0, 0.1) is 0 Å². The maximum atomic E-state index is 8.54. The van der Waals surface area contributed by atoms with Crippen molar-refractivity contribution in [2.75, 3.05) is 18.1 Å². The van der Waals surface area contributed by atoms with E-state index in [2.05, 4.69) is 4.98 Å². The van der Waals surface area contributed by atoms with E-state index < -0.39 is 0 Å². The summed E-state index contributed by atoms with van der Waals surface area (Å²) < 4.78 is 0. The molecule has 11 heavy (non-hydrogen) atoms. The van der Waals surface area contributed by atoms with Gasteiger partial charge in [0.05, 0.1) is 6.61 Å². The van der Waals surface area contributed by atoms with E-state index in [9.17, 15) is 0 Å². The molecule has 0 saturated heterocycles. The van der Waals surface area contributed by atoms with Gasteiger partial charge in [0, 0.05) is 28.7 Å². The first kappa shape index (κ1) is 8.36. The number of nitrogens with zero attached hydrogens (tertiary/aromatic N) is 1. The molecule has 0 radical (unpaired) electrons. The van der Waals surface area contributed by atoms with Crippen LogP contribution >= 0.6 is 11.8 Å². The lowest BCUT2D eigenvalue weighted by molar-refractivity contribution is 0.322. The second-order valence-electron chi connectivity index (χ2n) is 1.99. The zero-order chi connectivity index (χ0) is 8.10. The lowest BCUT2D eigenvalue weighted by Crippen LogP contribution is -1.91. The van der Waals surface area contributed by atoms with Gasteiger partial charge in [0.15, 0.2) is 0 Å². The van der Waals surface area contributed by atoms with E-state index in [0.29, 0.717) is 5.75 Å². The zero-order valence-corrected chi connectivity index (χ0v) is 6.84. The third kappa shape index (κ3) is 2.40. The summed E-state index contributed by atoms with van der Waals surface area (Å²) in [5, 5.41) is 8.54. The summed E-state index contributed by atoms with van der Waals surface area (Å²) >= 11 is 1.51. The van der Waals surface area contributed by atoms with Gasteiger partial charge < -0.3 is 10.8 Å². The predicted molar refractivity (Wildman–Crippen MR) is 46.5 cm³/mol. The lowest BCUT2D eigenvalue weighted by Gasteiger charge is -2.01. The minimum Gasteiger partial charge on any atom is -0.398 e. The monoisotopic (exact) mass is 170 g/mol. The number of thioether (sulfide) groups is 1. The maximum absolute atomic E-state index is 8.54. The smallest absolute Gasteiger partial charge is 0.0525 e. The zero-order valence-electron chi connectivity index (χ0n) is 6.03. The molecule has 1 aromatic rings. The summed E-state index contributed by atoms with van der Waals surface area (Å²) in [5.41, 5.74) is 6.34. The van der Waals surface area contributed by atoms with Gasteiger partial charge in [-0.15, -0.1) is 11.8 Å². The number of hydrogen-bond acceptors (Lipinski definition) is 4. The number of aliphatic hydroxyl groups is 1. The van der Waals surface area contributed by atoms with Crippen LogP contribution in [0.5, 0.6) is 0 Å². The Balaban J connectivity index is 2.62. The fourth-order valence-corrected chi connectivity index (χ4v) is 1.35. The molecule has 4 heteroatoms. The number of anilines is 1. The highest BCUT2D eigenvalue weighted by atomic mass is 32.2. The average Bonchev–Trinajstić information content (AvgIpc) is 2.03. The Morgan fingerprint density at radius 2 is 2.45 bits per heavy atom. The summed E-state index contributed by atoms with van der Waals surface area (Å²) in [6.45, 7) is 0.166. The maximum Gasteiger partial charge on any atom is 0.0525 e. The van der Waals surface area contributed by atoms with Crippen LogP contribution in [0.1, 0.15) is 0 Å². The number of nitrogen functional groups attached to an aromatic ring is 1. The van der Waals surface area contributed by atoms with Gasteiger partial charge in [0.2, 0.25) is 0 Å². The van der Waals surface area contributed by atoms with E-state index in [4.69, 9.17) is 10.8 Å². The molecular formula is C7H10N2OS. The van der Waals surface area contributed by atoms with Gasteiger partial charge in [0.25, 0.3) is 0 Å². The predicted octanol–water partition coefficient (Wildman–Crippen LogP) is 0.748. The molecule has 0 fully saturated rings. The summed E-state index contributed by atoms with van der Waals surface area (Å²) in [4.78, 5) is 4.85. The van der Waals surface area contributed by atoms with Crippen LogP contribution in [0.4, 0.5) is 5.69 Å². The van der Waals surface area contributed by atoms with E-state index in [1.165, 1.54) is 11.8 Å². The second-order valence-corrected chi connectivity index (χ2v) is 3.12. The highest BCUT2D eigenvalue weighted by Gasteiger charge is 1.96. The molecule has 0 atom stereocenters. The fourth-order valence-electron chi connectivity index (χ4n) is 0.667.